The van der Waals surface area contributed by atoms with E-state index in [4.69, 9.17) is 14.2 Å². The minimum absolute atomic E-state index is 0.121. The molecule has 0 aliphatic carbocycles. The fourth-order valence-corrected chi connectivity index (χ4v) is 2.55. The van der Waals surface area contributed by atoms with Gasteiger partial charge in [-0.15, -0.1) is 10.2 Å². The molecule has 10 nitrogen and oxygen atoms in total. The molecular weight excluding hydrogens is 364 g/mol. The van der Waals surface area contributed by atoms with Crippen molar-refractivity contribution in [1.29, 1.82) is 5.26 Å². The summed E-state index contributed by atoms with van der Waals surface area (Å²) >= 11 is 0. The fourth-order valence-electron chi connectivity index (χ4n) is 2.55. The maximum absolute atomic E-state index is 12.0. The zero-order valence-electron chi connectivity index (χ0n) is 14.5. The van der Waals surface area contributed by atoms with E-state index < -0.39 is 5.97 Å². The zero-order chi connectivity index (χ0) is 19.5. The van der Waals surface area contributed by atoms with Gasteiger partial charge in [0.1, 0.15) is 11.6 Å². The van der Waals surface area contributed by atoms with Crippen LogP contribution in [-0.2, 0) is 4.74 Å². The number of carbonyl (C=O) groups excluding carboxylic acids is 1. The van der Waals surface area contributed by atoms with E-state index in [1.807, 2.05) is 18.2 Å². The lowest BCUT2D eigenvalue weighted by Crippen LogP contribution is -2.07. The van der Waals surface area contributed by atoms with Gasteiger partial charge in [0.25, 0.3) is 0 Å². The van der Waals surface area contributed by atoms with Crippen LogP contribution < -0.4 is 14.8 Å². The molecule has 2 N–H and O–H groups in total. The summed E-state index contributed by atoms with van der Waals surface area (Å²) in [6.45, 7) is 0. The monoisotopic (exact) mass is 376 g/mol. The number of aromatic nitrogens is 4. The van der Waals surface area contributed by atoms with Crippen molar-refractivity contribution >= 4 is 17.2 Å². The molecule has 1 aromatic heterocycles. The Balaban J connectivity index is 1.76. The standard InChI is InChI=1S/C18H12N6O4/c1-26-18(25)10-6-12(20-9-11(8-19)17-21-23-24-22-17)16-15(7-10)27-13-4-2-3-5-14(13)28-16/h2-7,9,20H,1H3,(H,21,22,23,24). The van der Waals surface area contributed by atoms with Crippen LogP contribution in [-0.4, -0.2) is 33.7 Å². The maximum atomic E-state index is 12.0. The number of methoxy groups -OCH3 is 1. The third-order valence-corrected chi connectivity index (χ3v) is 3.84. The number of para-hydroxylation sites is 2. The number of aromatic amines is 1. The Bertz CT molecular complexity index is 1120. The Kier molecular flexibility index (Phi) is 4.31. The molecule has 0 unspecified atom stereocenters. The highest BCUT2D eigenvalue weighted by molar-refractivity contribution is 5.93. The fraction of sp³-hybridized carbons (Fsp3) is 0.0556. The number of nitrogens with one attached hydrogen (secondary N) is 2. The number of ether oxygens (including phenoxy) is 3. The van der Waals surface area contributed by atoms with Gasteiger partial charge in [0, 0.05) is 6.20 Å². The lowest BCUT2D eigenvalue weighted by molar-refractivity contribution is 0.0600. The molecule has 0 spiro atoms. The van der Waals surface area contributed by atoms with E-state index >= 15 is 0 Å². The minimum atomic E-state index is -0.545. The molecule has 0 atom stereocenters. The molecule has 0 radical (unpaired) electrons. The van der Waals surface area contributed by atoms with Gasteiger partial charge in [-0.25, -0.2) is 4.79 Å². The van der Waals surface area contributed by atoms with Crippen molar-refractivity contribution in [2.24, 2.45) is 0 Å². The van der Waals surface area contributed by atoms with Crippen molar-refractivity contribution < 1.29 is 19.0 Å². The molecule has 2 heterocycles. The Morgan fingerprint density at radius 1 is 1.25 bits per heavy atom. The predicted molar refractivity (Wildman–Crippen MR) is 95.8 cm³/mol. The molecule has 0 saturated carbocycles. The number of allylic oxidation sites excluding steroid dienone is 1. The molecule has 0 fully saturated rings. The van der Waals surface area contributed by atoms with Gasteiger partial charge < -0.3 is 19.5 Å². The molecule has 1 aliphatic heterocycles. The predicted octanol–water partition coefficient (Wildman–Crippen LogP) is 2.86. The topological polar surface area (TPSA) is 135 Å². The SMILES string of the molecule is COC(=O)c1cc(NC=C(C#N)c2nn[nH]n2)c2c(c1)Oc1ccccc1O2. The zero-order valence-corrected chi connectivity index (χ0v) is 14.5. The largest absolute Gasteiger partial charge is 0.465 e. The Hall–Kier alpha value is -4.39. The lowest BCUT2D eigenvalue weighted by atomic mass is 10.1. The summed E-state index contributed by atoms with van der Waals surface area (Å²) in [5.41, 5.74) is 0.768. The third-order valence-electron chi connectivity index (χ3n) is 3.84. The number of H-pyrrole nitrogens is 1. The smallest absolute Gasteiger partial charge is 0.338 e. The van der Waals surface area contributed by atoms with E-state index in [0.29, 0.717) is 28.7 Å². The average Bonchev–Trinajstić information content (AvgIpc) is 3.26. The molecule has 3 aromatic rings. The summed E-state index contributed by atoms with van der Waals surface area (Å²) in [5, 5.41) is 25.5. The van der Waals surface area contributed by atoms with Crippen molar-refractivity contribution in [3.8, 4) is 29.1 Å². The van der Waals surface area contributed by atoms with Crippen molar-refractivity contribution in [3.05, 3.63) is 54.0 Å². The first-order valence-corrected chi connectivity index (χ1v) is 8.01. The second-order valence-electron chi connectivity index (χ2n) is 5.54. The quantitative estimate of drug-likeness (QED) is 0.407. The minimum Gasteiger partial charge on any atom is -0.465 e. The van der Waals surface area contributed by atoms with Crippen molar-refractivity contribution in [2.45, 2.75) is 0 Å². The third kappa shape index (κ3) is 3.08. The van der Waals surface area contributed by atoms with Crippen molar-refractivity contribution in [3.63, 3.8) is 0 Å². The number of nitrogens with zero attached hydrogens (tertiary/aromatic N) is 4. The summed E-state index contributed by atoms with van der Waals surface area (Å²) in [7, 11) is 1.28. The molecule has 28 heavy (non-hydrogen) atoms. The van der Waals surface area contributed by atoms with Crippen LogP contribution in [0.4, 0.5) is 5.69 Å². The molecule has 0 saturated heterocycles. The van der Waals surface area contributed by atoms with Crippen LogP contribution in [0.25, 0.3) is 5.57 Å². The highest BCUT2D eigenvalue weighted by Gasteiger charge is 2.24. The Labute approximate surface area is 158 Å². The molecule has 2 aromatic carbocycles. The number of tetrazole rings is 1. The molecule has 0 amide bonds. The number of fused-ring (bicyclic) bond motifs is 2. The first kappa shape index (κ1) is 17.0. The lowest BCUT2D eigenvalue weighted by Gasteiger charge is -2.23. The van der Waals surface area contributed by atoms with Gasteiger partial charge in [0.15, 0.2) is 23.0 Å². The summed E-state index contributed by atoms with van der Waals surface area (Å²) < 4.78 is 16.6. The van der Waals surface area contributed by atoms with Gasteiger partial charge in [-0.05, 0) is 29.5 Å². The van der Waals surface area contributed by atoms with Crippen molar-refractivity contribution in [2.75, 3.05) is 12.4 Å². The van der Waals surface area contributed by atoms with Gasteiger partial charge in [-0.2, -0.15) is 10.5 Å². The summed E-state index contributed by atoms with van der Waals surface area (Å²) in [6.07, 6.45) is 1.38. The molecule has 0 bridgehead atoms. The van der Waals surface area contributed by atoms with Gasteiger partial charge in [-0.3, -0.25) is 0 Å². The second kappa shape index (κ2) is 7.08. The van der Waals surface area contributed by atoms with E-state index in [0.717, 1.165) is 0 Å². The second-order valence-corrected chi connectivity index (χ2v) is 5.54. The molecule has 1 aliphatic rings. The van der Waals surface area contributed by atoms with E-state index in [-0.39, 0.29) is 17.0 Å². The summed E-state index contributed by atoms with van der Waals surface area (Å²) in [4.78, 5) is 12.0. The Morgan fingerprint density at radius 2 is 2.04 bits per heavy atom. The van der Waals surface area contributed by atoms with Crippen LogP contribution in [0.5, 0.6) is 23.0 Å². The van der Waals surface area contributed by atoms with E-state index in [9.17, 15) is 10.1 Å². The highest BCUT2D eigenvalue weighted by atomic mass is 16.6. The highest BCUT2D eigenvalue weighted by Crippen LogP contribution is 2.49. The number of anilines is 1. The van der Waals surface area contributed by atoms with E-state index in [2.05, 4.69) is 25.9 Å². The summed E-state index contributed by atoms with van der Waals surface area (Å²) in [6, 6.07) is 12.2. The normalized spacial score (nSPS) is 11.9. The first-order valence-electron chi connectivity index (χ1n) is 8.01. The molecule has 138 valence electrons. The number of hydrogen-bond acceptors (Lipinski definition) is 9. The number of benzene rings is 2. The maximum Gasteiger partial charge on any atom is 0.338 e. The number of esters is 1. The van der Waals surface area contributed by atoms with Crippen LogP contribution in [0.15, 0.2) is 42.6 Å². The van der Waals surface area contributed by atoms with Crippen LogP contribution in [0.1, 0.15) is 16.2 Å². The van der Waals surface area contributed by atoms with Crippen LogP contribution in [0.2, 0.25) is 0 Å². The van der Waals surface area contributed by atoms with Crippen LogP contribution in [0, 0.1) is 11.3 Å². The first-order chi connectivity index (χ1) is 13.7. The van der Waals surface area contributed by atoms with Crippen molar-refractivity contribution in [1.82, 2.24) is 20.6 Å². The van der Waals surface area contributed by atoms with E-state index in [1.165, 1.54) is 25.4 Å². The van der Waals surface area contributed by atoms with E-state index in [1.54, 1.807) is 12.1 Å². The number of nitriles is 1. The van der Waals surface area contributed by atoms with Gasteiger partial charge in [-0.1, -0.05) is 12.1 Å². The number of carbonyl (C=O) groups is 1. The summed E-state index contributed by atoms with van der Waals surface area (Å²) in [5.74, 6) is 1.30. The van der Waals surface area contributed by atoms with Gasteiger partial charge >= 0.3 is 5.97 Å². The van der Waals surface area contributed by atoms with Crippen LogP contribution >= 0.6 is 0 Å². The Morgan fingerprint density at radius 3 is 2.71 bits per heavy atom. The molecule has 10 heteroatoms. The van der Waals surface area contributed by atoms with Crippen LogP contribution in [0.3, 0.4) is 0 Å². The van der Waals surface area contributed by atoms with Gasteiger partial charge in [0.05, 0.1) is 18.4 Å². The molecule has 4 rings (SSSR count). The number of hydrogen-bond donors (Lipinski definition) is 2. The number of rotatable bonds is 4. The molecular formula is C18H12N6O4. The average molecular weight is 376 g/mol. The van der Waals surface area contributed by atoms with Gasteiger partial charge in [0.2, 0.25) is 5.82 Å².